The highest BCUT2D eigenvalue weighted by Gasteiger charge is 2.31. The number of anilines is 2. The SMILES string of the molecule is Cc1cccc(N(CCC(=O)N2c3ccccc3CC2C)S(C)(=O)=O)c1C. The largest absolute Gasteiger partial charge is 0.309 e. The molecule has 144 valence electrons. The maximum atomic E-state index is 12.9. The fourth-order valence-electron chi connectivity index (χ4n) is 3.73. The van der Waals surface area contributed by atoms with Crippen LogP contribution in [0.15, 0.2) is 42.5 Å². The fraction of sp³-hybridized carbons (Fsp3) is 0.381. The van der Waals surface area contributed by atoms with Crippen LogP contribution in [-0.4, -0.2) is 33.2 Å². The monoisotopic (exact) mass is 386 g/mol. The van der Waals surface area contributed by atoms with Gasteiger partial charge < -0.3 is 4.90 Å². The maximum Gasteiger partial charge on any atom is 0.232 e. The first-order valence-electron chi connectivity index (χ1n) is 9.14. The van der Waals surface area contributed by atoms with Crippen molar-refractivity contribution in [1.82, 2.24) is 0 Å². The Balaban J connectivity index is 1.83. The van der Waals surface area contributed by atoms with Gasteiger partial charge in [0.2, 0.25) is 15.9 Å². The van der Waals surface area contributed by atoms with Crippen molar-refractivity contribution < 1.29 is 13.2 Å². The predicted molar refractivity (Wildman–Crippen MR) is 110 cm³/mol. The molecular weight excluding hydrogens is 360 g/mol. The molecule has 0 spiro atoms. The van der Waals surface area contributed by atoms with Crippen molar-refractivity contribution in [3.8, 4) is 0 Å². The van der Waals surface area contributed by atoms with Gasteiger partial charge in [-0.05, 0) is 56.0 Å². The zero-order valence-electron chi connectivity index (χ0n) is 16.3. The molecule has 0 radical (unpaired) electrons. The van der Waals surface area contributed by atoms with Gasteiger partial charge in [-0.25, -0.2) is 8.42 Å². The Labute approximate surface area is 161 Å². The zero-order chi connectivity index (χ0) is 19.8. The summed E-state index contributed by atoms with van der Waals surface area (Å²) in [6, 6.07) is 13.6. The van der Waals surface area contributed by atoms with Crippen molar-refractivity contribution in [2.24, 2.45) is 0 Å². The minimum Gasteiger partial charge on any atom is -0.309 e. The van der Waals surface area contributed by atoms with Crippen LogP contribution in [0.25, 0.3) is 0 Å². The summed E-state index contributed by atoms with van der Waals surface area (Å²) in [5, 5.41) is 0. The number of hydrogen-bond acceptors (Lipinski definition) is 3. The third-order valence-corrected chi connectivity index (χ3v) is 6.43. The number of rotatable bonds is 5. The van der Waals surface area contributed by atoms with E-state index in [2.05, 4.69) is 0 Å². The highest BCUT2D eigenvalue weighted by molar-refractivity contribution is 7.92. The molecular formula is C21H26N2O3S. The lowest BCUT2D eigenvalue weighted by atomic mass is 10.1. The number of fused-ring (bicyclic) bond motifs is 1. The molecule has 1 heterocycles. The Morgan fingerprint density at radius 1 is 1.15 bits per heavy atom. The van der Waals surface area contributed by atoms with Gasteiger partial charge in [0, 0.05) is 24.7 Å². The van der Waals surface area contributed by atoms with Gasteiger partial charge in [0.15, 0.2) is 0 Å². The second-order valence-corrected chi connectivity index (χ2v) is 9.16. The van der Waals surface area contributed by atoms with Crippen LogP contribution in [0, 0.1) is 13.8 Å². The molecule has 1 amide bonds. The standard InChI is InChI=1S/C21H26N2O3S/c1-15-8-7-11-19(17(15)3)22(27(4,25)26)13-12-21(24)23-16(2)14-18-9-5-6-10-20(18)23/h5-11,16H,12-14H2,1-4H3. The van der Waals surface area contributed by atoms with Crippen LogP contribution < -0.4 is 9.21 Å². The van der Waals surface area contributed by atoms with E-state index >= 15 is 0 Å². The molecule has 1 unspecified atom stereocenters. The molecule has 2 aromatic rings. The van der Waals surface area contributed by atoms with E-state index in [0.29, 0.717) is 5.69 Å². The van der Waals surface area contributed by atoms with Gasteiger partial charge >= 0.3 is 0 Å². The normalized spacial score (nSPS) is 16.3. The second kappa shape index (κ2) is 7.35. The first-order valence-corrected chi connectivity index (χ1v) is 11.0. The van der Waals surface area contributed by atoms with Crippen molar-refractivity contribution in [2.75, 3.05) is 22.0 Å². The molecule has 2 aromatic carbocycles. The molecule has 6 heteroatoms. The second-order valence-electron chi connectivity index (χ2n) is 7.25. The van der Waals surface area contributed by atoms with E-state index in [0.717, 1.165) is 28.8 Å². The molecule has 3 rings (SSSR count). The molecule has 0 N–H and O–H groups in total. The van der Waals surface area contributed by atoms with Gasteiger partial charge in [-0.3, -0.25) is 9.10 Å². The summed E-state index contributed by atoms with van der Waals surface area (Å²) in [6.45, 7) is 6.01. The average Bonchev–Trinajstić information content (AvgIpc) is 2.93. The van der Waals surface area contributed by atoms with E-state index in [1.807, 2.05) is 57.2 Å². The summed E-state index contributed by atoms with van der Waals surface area (Å²) in [6.07, 6.45) is 2.15. The van der Waals surface area contributed by atoms with Crippen LogP contribution in [0.4, 0.5) is 11.4 Å². The number of nitrogens with zero attached hydrogens (tertiary/aromatic N) is 2. The van der Waals surface area contributed by atoms with E-state index in [1.54, 1.807) is 11.0 Å². The van der Waals surface area contributed by atoms with Gasteiger partial charge in [-0.1, -0.05) is 30.3 Å². The minimum atomic E-state index is -3.49. The number of para-hydroxylation sites is 1. The molecule has 0 saturated heterocycles. The van der Waals surface area contributed by atoms with E-state index in [9.17, 15) is 13.2 Å². The van der Waals surface area contributed by atoms with Gasteiger partial charge in [-0.2, -0.15) is 0 Å². The van der Waals surface area contributed by atoms with Gasteiger partial charge in [0.25, 0.3) is 0 Å². The number of sulfonamides is 1. The number of hydrogen-bond donors (Lipinski definition) is 0. The molecule has 1 atom stereocenters. The van der Waals surface area contributed by atoms with Crippen LogP contribution in [0.1, 0.15) is 30.0 Å². The molecule has 0 bridgehead atoms. The zero-order valence-corrected chi connectivity index (χ0v) is 17.1. The lowest BCUT2D eigenvalue weighted by Crippen LogP contribution is -2.39. The van der Waals surface area contributed by atoms with Crippen molar-refractivity contribution >= 4 is 27.3 Å². The topological polar surface area (TPSA) is 57.7 Å². The van der Waals surface area contributed by atoms with E-state index in [4.69, 9.17) is 0 Å². The fourth-order valence-corrected chi connectivity index (χ4v) is 4.71. The summed E-state index contributed by atoms with van der Waals surface area (Å²) < 4.78 is 26.1. The Bertz CT molecular complexity index is 969. The van der Waals surface area contributed by atoms with Crippen LogP contribution >= 0.6 is 0 Å². The predicted octanol–water partition coefficient (Wildman–Crippen LogP) is 3.44. The lowest BCUT2D eigenvalue weighted by molar-refractivity contribution is -0.118. The first-order chi connectivity index (χ1) is 12.7. The maximum absolute atomic E-state index is 12.9. The van der Waals surface area contributed by atoms with Gasteiger partial charge in [0.1, 0.15) is 0 Å². The Kier molecular flexibility index (Phi) is 5.29. The number of carbonyl (C=O) groups is 1. The summed E-state index contributed by atoms with van der Waals surface area (Å²) >= 11 is 0. The van der Waals surface area contributed by atoms with Crippen molar-refractivity contribution in [3.63, 3.8) is 0 Å². The molecule has 1 aliphatic rings. The van der Waals surface area contributed by atoms with Gasteiger partial charge in [-0.15, -0.1) is 0 Å². The Morgan fingerprint density at radius 3 is 2.56 bits per heavy atom. The summed E-state index contributed by atoms with van der Waals surface area (Å²) in [4.78, 5) is 14.7. The highest BCUT2D eigenvalue weighted by atomic mass is 32.2. The van der Waals surface area contributed by atoms with Crippen molar-refractivity contribution in [1.29, 1.82) is 0 Å². The average molecular weight is 387 g/mol. The van der Waals surface area contributed by atoms with Gasteiger partial charge in [0.05, 0.1) is 11.9 Å². The first kappa shape index (κ1) is 19.4. The quantitative estimate of drug-likeness (QED) is 0.791. The summed E-state index contributed by atoms with van der Waals surface area (Å²) in [5.41, 5.74) is 4.67. The Hall–Kier alpha value is -2.34. The molecule has 0 fully saturated rings. The Morgan fingerprint density at radius 2 is 1.85 bits per heavy atom. The highest BCUT2D eigenvalue weighted by Crippen LogP contribution is 2.32. The molecule has 1 aliphatic heterocycles. The minimum absolute atomic E-state index is 0.0496. The van der Waals surface area contributed by atoms with E-state index < -0.39 is 10.0 Å². The summed E-state index contributed by atoms with van der Waals surface area (Å²) in [5.74, 6) is -0.0496. The third-order valence-electron chi connectivity index (χ3n) is 5.25. The molecule has 27 heavy (non-hydrogen) atoms. The summed E-state index contributed by atoms with van der Waals surface area (Å²) in [7, 11) is -3.49. The molecule has 0 saturated carbocycles. The van der Waals surface area contributed by atoms with Crippen molar-refractivity contribution in [3.05, 3.63) is 59.2 Å². The van der Waals surface area contributed by atoms with E-state index in [1.165, 1.54) is 10.6 Å². The van der Waals surface area contributed by atoms with Crippen LogP contribution in [0.3, 0.4) is 0 Å². The molecule has 0 aromatic heterocycles. The third kappa shape index (κ3) is 3.86. The smallest absolute Gasteiger partial charge is 0.232 e. The molecule has 5 nitrogen and oxygen atoms in total. The number of benzene rings is 2. The molecule has 0 aliphatic carbocycles. The van der Waals surface area contributed by atoms with Crippen LogP contribution in [0.5, 0.6) is 0 Å². The number of amides is 1. The van der Waals surface area contributed by atoms with Crippen LogP contribution in [-0.2, 0) is 21.2 Å². The number of aryl methyl sites for hydroxylation is 1. The lowest BCUT2D eigenvalue weighted by Gasteiger charge is -2.27. The number of carbonyl (C=O) groups excluding carboxylic acids is 1. The van der Waals surface area contributed by atoms with E-state index in [-0.39, 0.29) is 24.9 Å². The van der Waals surface area contributed by atoms with Crippen LogP contribution in [0.2, 0.25) is 0 Å². The van der Waals surface area contributed by atoms with Crippen molar-refractivity contribution in [2.45, 2.75) is 39.7 Å².